The van der Waals surface area contributed by atoms with Crippen LogP contribution in [-0.4, -0.2) is 16.0 Å². The third-order valence-corrected chi connectivity index (χ3v) is 4.08. The van der Waals surface area contributed by atoms with Gasteiger partial charge in [0, 0.05) is 11.3 Å². The van der Waals surface area contributed by atoms with E-state index >= 15 is 0 Å². The number of nitrogens with zero attached hydrogens (tertiary/aromatic N) is 1. The van der Waals surface area contributed by atoms with Crippen LogP contribution in [0, 0.1) is 0 Å². The summed E-state index contributed by atoms with van der Waals surface area (Å²) in [5.74, 6) is 0.220. The standard InChI is InChI=1S/C20H16N2O3/c23-17-11-10-14(21-19(24)13-6-2-1-3-7-13)12-15(17)20-22-16-8-4-5-9-18(16)25-20/h1-2,4-6,8-12,23H,3,7H2,(H,21,24). The van der Waals surface area contributed by atoms with Gasteiger partial charge in [0.15, 0.2) is 5.58 Å². The molecule has 0 unspecified atom stereocenters. The van der Waals surface area contributed by atoms with Crippen molar-refractivity contribution >= 4 is 22.7 Å². The lowest BCUT2D eigenvalue weighted by Gasteiger charge is -2.11. The van der Waals surface area contributed by atoms with Crippen LogP contribution in [0.4, 0.5) is 5.69 Å². The van der Waals surface area contributed by atoms with Crippen molar-refractivity contribution in [2.45, 2.75) is 12.8 Å². The van der Waals surface area contributed by atoms with Crippen LogP contribution in [0.3, 0.4) is 0 Å². The van der Waals surface area contributed by atoms with E-state index < -0.39 is 0 Å². The first kappa shape index (κ1) is 15.2. The molecule has 124 valence electrons. The van der Waals surface area contributed by atoms with E-state index in [4.69, 9.17) is 4.42 Å². The molecule has 0 aliphatic heterocycles. The Labute approximate surface area is 144 Å². The van der Waals surface area contributed by atoms with Crippen molar-refractivity contribution in [3.05, 3.63) is 66.3 Å². The summed E-state index contributed by atoms with van der Waals surface area (Å²) in [6.07, 6.45) is 7.32. The van der Waals surface area contributed by atoms with Gasteiger partial charge in [-0.15, -0.1) is 0 Å². The van der Waals surface area contributed by atoms with Crippen molar-refractivity contribution in [1.82, 2.24) is 4.98 Å². The topological polar surface area (TPSA) is 75.4 Å². The van der Waals surface area contributed by atoms with E-state index in [9.17, 15) is 9.90 Å². The maximum atomic E-state index is 12.3. The van der Waals surface area contributed by atoms with Gasteiger partial charge >= 0.3 is 0 Å². The number of phenols is 1. The smallest absolute Gasteiger partial charge is 0.251 e. The highest BCUT2D eigenvalue weighted by Crippen LogP contribution is 2.33. The Balaban J connectivity index is 1.65. The minimum absolute atomic E-state index is 0.0457. The molecule has 0 bridgehead atoms. The summed E-state index contributed by atoms with van der Waals surface area (Å²) in [5.41, 5.74) is 3.11. The number of nitrogens with one attached hydrogen (secondary N) is 1. The Morgan fingerprint density at radius 1 is 1.20 bits per heavy atom. The van der Waals surface area contributed by atoms with Gasteiger partial charge in [0.1, 0.15) is 11.3 Å². The van der Waals surface area contributed by atoms with Gasteiger partial charge in [-0.05, 0) is 43.2 Å². The third kappa shape index (κ3) is 3.04. The molecule has 25 heavy (non-hydrogen) atoms. The molecule has 4 rings (SSSR count). The zero-order chi connectivity index (χ0) is 17.2. The van der Waals surface area contributed by atoms with Gasteiger partial charge in [0.25, 0.3) is 5.91 Å². The highest BCUT2D eigenvalue weighted by atomic mass is 16.3. The van der Waals surface area contributed by atoms with Gasteiger partial charge in [-0.3, -0.25) is 4.79 Å². The molecule has 0 fully saturated rings. The predicted octanol–water partition coefficient (Wildman–Crippen LogP) is 4.42. The Bertz CT molecular complexity index is 982. The number of fused-ring (bicyclic) bond motifs is 1. The molecule has 3 aromatic rings. The van der Waals surface area contributed by atoms with Gasteiger partial charge in [0.05, 0.1) is 5.56 Å². The van der Waals surface area contributed by atoms with E-state index in [1.807, 2.05) is 42.5 Å². The Kier molecular flexibility index (Phi) is 3.82. The second-order valence-electron chi connectivity index (χ2n) is 5.83. The Morgan fingerprint density at radius 2 is 2.08 bits per heavy atom. The van der Waals surface area contributed by atoms with Crippen molar-refractivity contribution in [3.8, 4) is 17.2 Å². The van der Waals surface area contributed by atoms with Gasteiger partial charge in [-0.1, -0.05) is 30.4 Å². The summed E-state index contributed by atoms with van der Waals surface area (Å²) in [5, 5.41) is 13.0. The SMILES string of the molecule is O=C(Nc1ccc(O)c(-c2nc3ccccc3o2)c1)C1=CC=CCC1. The average molecular weight is 332 g/mol. The molecule has 5 nitrogen and oxygen atoms in total. The van der Waals surface area contributed by atoms with E-state index in [0.717, 1.165) is 18.4 Å². The van der Waals surface area contributed by atoms with Crippen LogP contribution in [0.2, 0.25) is 0 Å². The average Bonchev–Trinajstić information content (AvgIpc) is 3.08. The normalized spacial score (nSPS) is 13.7. The number of phenolic OH excluding ortho intramolecular Hbond substituents is 1. The third-order valence-electron chi connectivity index (χ3n) is 4.08. The van der Waals surface area contributed by atoms with Crippen molar-refractivity contribution in [3.63, 3.8) is 0 Å². The highest BCUT2D eigenvalue weighted by Gasteiger charge is 2.15. The first-order valence-electron chi connectivity index (χ1n) is 8.07. The molecule has 1 aliphatic rings. The zero-order valence-corrected chi connectivity index (χ0v) is 13.4. The van der Waals surface area contributed by atoms with Crippen LogP contribution < -0.4 is 5.32 Å². The van der Waals surface area contributed by atoms with Gasteiger partial charge in [-0.25, -0.2) is 4.98 Å². The number of aromatic hydroxyl groups is 1. The van der Waals surface area contributed by atoms with E-state index in [1.54, 1.807) is 12.1 Å². The van der Waals surface area contributed by atoms with Crippen LogP contribution >= 0.6 is 0 Å². The fraction of sp³-hybridized carbons (Fsp3) is 0.100. The van der Waals surface area contributed by atoms with Crippen LogP contribution in [-0.2, 0) is 4.79 Å². The second kappa shape index (κ2) is 6.28. The Morgan fingerprint density at radius 3 is 2.88 bits per heavy atom. The van der Waals surface area contributed by atoms with E-state index in [2.05, 4.69) is 10.3 Å². The van der Waals surface area contributed by atoms with E-state index in [1.165, 1.54) is 6.07 Å². The number of anilines is 1. The second-order valence-corrected chi connectivity index (χ2v) is 5.83. The lowest BCUT2D eigenvalue weighted by atomic mass is 10.0. The van der Waals surface area contributed by atoms with Crippen LogP contribution in [0.25, 0.3) is 22.6 Å². The summed E-state index contributed by atoms with van der Waals surface area (Å²) in [4.78, 5) is 16.7. The number of para-hydroxylation sites is 2. The summed E-state index contributed by atoms with van der Waals surface area (Å²) in [6, 6.07) is 12.2. The highest BCUT2D eigenvalue weighted by molar-refractivity contribution is 6.04. The lowest BCUT2D eigenvalue weighted by molar-refractivity contribution is -0.113. The fourth-order valence-corrected chi connectivity index (χ4v) is 2.78. The van der Waals surface area contributed by atoms with Crippen LogP contribution in [0.1, 0.15) is 12.8 Å². The summed E-state index contributed by atoms with van der Waals surface area (Å²) >= 11 is 0. The molecule has 5 heteroatoms. The number of oxazole rings is 1. The van der Waals surface area contributed by atoms with E-state index in [0.29, 0.717) is 28.2 Å². The van der Waals surface area contributed by atoms with Crippen molar-refractivity contribution in [2.75, 3.05) is 5.32 Å². The quantitative estimate of drug-likeness (QED) is 0.696. The molecule has 2 aromatic carbocycles. The monoisotopic (exact) mass is 332 g/mol. The first-order valence-corrected chi connectivity index (χ1v) is 8.07. The van der Waals surface area contributed by atoms with Crippen molar-refractivity contribution in [1.29, 1.82) is 0 Å². The molecule has 1 aromatic heterocycles. The molecule has 0 atom stereocenters. The molecule has 0 radical (unpaired) electrons. The number of aromatic nitrogens is 1. The van der Waals surface area contributed by atoms with Gasteiger partial charge in [-0.2, -0.15) is 0 Å². The summed E-state index contributed by atoms with van der Waals surface area (Å²) < 4.78 is 5.71. The number of allylic oxidation sites excluding steroid dienone is 3. The molecule has 1 heterocycles. The molecular weight excluding hydrogens is 316 g/mol. The molecule has 1 amide bonds. The summed E-state index contributed by atoms with van der Waals surface area (Å²) in [6.45, 7) is 0. The minimum atomic E-state index is -0.140. The number of hydrogen-bond donors (Lipinski definition) is 2. The largest absolute Gasteiger partial charge is 0.507 e. The number of amides is 1. The molecule has 0 saturated carbocycles. The maximum absolute atomic E-state index is 12.3. The Hall–Kier alpha value is -3.34. The molecule has 0 saturated heterocycles. The van der Waals surface area contributed by atoms with Crippen molar-refractivity contribution < 1.29 is 14.3 Å². The van der Waals surface area contributed by atoms with Crippen LogP contribution in [0.15, 0.2) is 70.7 Å². The number of benzene rings is 2. The first-order chi connectivity index (χ1) is 12.2. The fourth-order valence-electron chi connectivity index (χ4n) is 2.78. The molecular formula is C20H16N2O3. The molecule has 1 aliphatic carbocycles. The lowest BCUT2D eigenvalue weighted by Crippen LogP contribution is -2.15. The minimum Gasteiger partial charge on any atom is -0.507 e. The van der Waals surface area contributed by atoms with E-state index in [-0.39, 0.29) is 11.7 Å². The maximum Gasteiger partial charge on any atom is 0.251 e. The number of carbonyl (C=O) groups is 1. The predicted molar refractivity (Wildman–Crippen MR) is 96.2 cm³/mol. The molecule has 0 spiro atoms. The van der Waals surface area contributed by atoms with Gasteiger partial charge < -0.3 is 14.8 Å². The zero-order valence-electron chi connectivity index (χ0n) is 13.4. The number of hydrogen-bond acceptors (Lipinski definition) is 4. The summed E-state index contributed by atoms with van der Waals surface area (Å²) in [7, 11) is 0. The van der Waals surface area contributed by atoms with Gasteiger partial charge in [0.2, 0.25) is 5.89 Å². The number of rotatable bonds is 3. The number of carbonyl (C=O) groups excluding carboxylic acids is 1. The molecule has 2 N–H and O–H groups in total. The van der Waals surface area contributed by atoms with Crippen molar-refractivity contribution in [2.24, 2.45) is 0 Å². The van der Waals surface area contributed by atoms with Crippen LogP contribution in [0.5, 0.6) is 5.75 Å².